The lowest BCUT2D eigenvalue weighted by Gasteiger charge is -2.09. The minimum absolute atomic E-state index is 0.0344. The van der Waals surface area contributed by atoms with Crippen LogP contribution in [0.1, 0.15) is 16.1 Å². The molecule has 21 heavy (non-hydrogen) atoms. The van der Waals surface area contributed by atoms with E-state index in [0.29, 0.717) is 23.0 Å². The Balaban J connectivity index is 2.07. The Morgan fingerprint density at radius 2 is 2.00 bits per heavy atom. The summed E-state index contributed by atoms with van der Waals surface area (Å²) in [5.41, 5.74) is 6.95. The number of carbonyl (C=O) groups is 1. The van der Waals surface area contributed by atoms with Gasteiger partial charge < -0.3 is 19.9 Å². The lowest BCUT2D eigenvalue weighted by atomic mass is 10.2. The van der Waals surface area contributed by atoms with Crippen LogP contribution in [-0.4, -0.2) is 25.2 Å². The summed E-state index contributed by atoms with van der Waals surface area (Å²) in [6, 6.07) is 10.0. The fourth-order valence-electron chi connectivity index (χ4n) is 1.71. The molecule has 0 radical (unpaired) electrons. The molecule has 0 atom stereocenters. The molecule has 1 aromatic carbocycles. The number of rotatable bonds is 5. The molecule has 1 heterocycles. The summed E-state index contributed by atoms with van der Waals surface area (Å²) in [4.78, 5) is 16.2. The van der Waals surface area contributed by atoms with Crippen molar-refractivity contribution in [1.29, 1.82) is 0 Å². The molecule has 0 saturated heterocycles. The first kappa shape index (κ1) is 14.6. The van der Waals surface area contributed by atoms with Gasteiger partial charge in [0.2, 0.25) is 5.88 Å². The van der Waals surface area contributed by atoms with Crippen LogP contribution in [0.3, 0.4) is 0 Å². The molecule has 0 fully saturated rings. The van der Waals surface area contributed by atoms with Crippen LogP contribution in [0.25, 0.3) is 0 Å². The molecule has 6 nitrogen and oxygen atoms in total. The summed E-state index contributed by atoms with van der Waals surface area (Å²) in [5.74, 6) is 0.469. The summed E-state index contributed by atoms with van der Waals surface area (Å²) in [6.07, 6.45) is 0. The molecule has 1 aromatic heterocycles. The lowest BCUT2D eigenvalue weighted by molar-refractivity contribution is 0.0468. The van der Waals surface area contributed by atoms with Gasteiger partial charge in [0.25, 0.3) is 0 Å². The van der Waals surface area contributed by atoms with Crippen LogP contribution in [0, 0.1) is 0 Å². The number of methoxy groups -OCH3 is 2. The second-order valence-corrected chi connectivity index (χ2v) is 4.20. The van der Waals surface area contributed by atoms with Crippen molar-refractivity contribution in [3.8, 4) is 11.6 Å². The topological polar surface area (TPSA) is 83.7 Å². The maximum absolute atomic E-state index is 12.0. The third-order valence-corrected chi connectivity index (χ3v) is 2.82. The molecule has 0 aliphatic rings. The van der Waals surface area contributed by atoms with E-state index in [2.05, 4.69) is 4.98 Å². The van der Waals surface area contributed by atoms with Gasteiger partial charge in [-0.2, -0.15) is 0 Å². The highest BCUT2D eigenvalue weighted by atomic mass is 16.5. The Morgan fingerprint density at radius 1 is 1.19 bits per heavy atom. The number of hydrogen-bond donors (Lipinski definition) is 1. The Kier molecular flexibility index (Phi) is 4.61. The quantitative estimate of drug-likeness (QED) is 0.669. The molecule has 2 rings (SSSR count). The maximum atomic E-state index is 12.0. The second kappa shape index (κ2) is 6.60. The van der Waals surface area contributed by atoms with E-state index in [4.69, 9.17) is 19.9 Å². The average molecular weight is 288 g/mol. The molecule has 0 saturated carbocycles. The molecule has 0 spiro atoms. The van der Waals surface area contributed by atoms with Crippen LogP contribution in [0.4, 0.5) is 5.69 Å². The van der Waals surface area contributed by atoms with E-state index >= 15 is 0 Å². The highest BCUT2D eigenvalue weighted by molar-refractivity contribution is 5.95. The van der Waals surface area contributed by atoms with Crippen molar-refractivity contribution in [2.45, 2.75) is 6.61 Å². The van der Waals surface area contributed by atoms with Crippen molar-refractivity contribution in [2.24, 2.45) is 0 Å². The smallest absolute Gasteiger partial charge is 0.340 e. The molecule has 0 unspecified atom stereocenters. The van der Waals surface area contributed by atoms with Crippen molar-refractivity contribution < 1.29 is 19.0 Å². The van der Waals surface area contributed by atoms with E-state index in [1.54, 1.807) is 30.3 Å². The Labute approximate surface area is 122 Å². The summed E-state index contributed by atoms with van der Waals surface area (Å²) in [6.45, 7) is 0.0344. The van der Waals surface area contributed by atoms with Crippen LogP contribution >= 0.6 is 0 Å². The number of esters is 1. The number of ether oxygens (including phenoxy) is 3. The van der Waals surface area contributed by atoms with Crippen LogP contribution in [0.2, 0.25) is 0 Å². The SMILES string of the molecule is COc1ccc(N)c(C(=O)OCc2cccc(OC)n2)c1. The van der Waals surface area contributed by atoms with Gasteiger partial charge in [-0.3, -0.25) is 0 Å². The molecular formula is C15H16N2O4. The van der Waals surface area contributed by atoms with Crippen LogP contribution in [0.15, 0.2) is 36.4 Å². The predicted molar refractivity (Wildman–Crippen MR) is 77.3 cm³/mol. The molecule has 2 aromatic rings. The second-order valence-electron chi connectivity index (χ2n) is 4.20. The number of hydrogen-bond acceptors (Lipinski definition) is 6. The molecular weight excluding hydrogens is 272 g/mol. The summed E-state index contributed by atoms with van der Waals surface area (Å²) < 4.78 is 15.3. The van der Waals surface area contributed by atoms with Crippen molar-refractivity contribution in [3.05, 3.63) is 47.7 Å². The zero-order chi connectivity index (χ0) is 15.2. The maximum Gasteiger partial charge on any atom is 0.340 e. The normalized spacial score (nSPS) is 10.0. The molecule has 2 N–H and O–H groups in total. The third kappa shape index (κ3) is 3.62. The standard InChI is InChI=1S/C15H16N2O4/c1-19-11-6-7-13(16)12(8-11)15(18)21-9-10-4-3-5-14(17-10)20-2/h3-8H,9,16H2,1-2H3. The van der Waals surface area contributed by atoms with Crippen molar-refractivity contribution >= 4 is 11.7 Å². The molecule has 0 amide bonds. The molecule has 0 aliphatic carbocycles. The van der Waals surface area contributed by atoms with E-state index in [9.17, 15) is 4.79 Å². The van der Waals surface area contributed by atoms with Gasteiger partial charge in [-0.15, -0.1) is 0 Å². The number of nitrogen functional groups attached to an aromatic ring is 1. The Morgan fingerprint density at radius 3 is 2.71 bits per heavy atom. The van der Waals surface area contributed by atoms with E-state index < -0.39 is 5.97 Å². The van der Waals surface area contributed by atoms with Gasteiger partial charge in [0.15, 0.2) is 0 Å². The zero-order valence-corrected chi connectivity index (χ0v) is 11.8. The number of anilines is 1. The Hall–Kier alpha value is -2.76. The van der Waals surface area contributed by atoms with Gasteiger partial charge in [0, 0.05) is 11.8 Å². The minimum atomic E-state index is -0.531. The number of nitrogens with zero attached hydrogens (tertiary/aromatic N) is 1. The van der Waals surface area contributed by atoms with Gasteiger partial charge in [-0.25, -0.2) is 9.78 Å². The van der Waals surface area contributed by atoms with Gasteiger partial charge in [0.05, 0.1) is 25.5 Å². The van der Waals surface area contributed by atoms with Gasteiger partial charge in [0.1, 0.15) is 12.4 Å². The number of pyridine rings is 1. The number of nitrogens with two attached hydrogens (primary N) is 1. The lowest BCUT2D eigenvalue weighted by Crippen LogP contribution is -2.09. The van der Waals surface area contributed by atoms with Gasteiger partial charge in [-0.1, -0.05) is 6.07 Å². The highest BCUT2D eigenvalue weighted by Crippen LogP contribution is 2.20. The van der Waals surface area contributed by atoms with Crippen LogP contribution in [0.5, 0.6) is 11.6 Å². The average Bonchev–Trinajstić information content (AvgIpc) is 2.53. The largest absolute Gasteiger partial charge is 0.497 e. The molecule has 0 aliphatic heterocycles. The fraction of sp³-hybridized carbons (Fsp3) is 0.200. The molecule has 110 valence electrons. The van der Waals surface area contributed by atoms with E-state index in [1.807, 2.05) is 0 Å². The number of carbonyl (C=O) groups excluding carboxylic acids is 1. The third-order valence-electron chi connectivity index (χ3n) is 2.82. The molecule has 6 heteroatoms. The van der Waals surface area contributed by atoms with Gasteiger partial charge >= 0.3 is 5.97 Å². The first-order chi connectivity index (χ1) is 10.1. The zero-order valence-electron chi connectivity index (χ0n) is 11.8. The van der Waals surface area contributed by atoms with E-state index in [1.165, 1.54) is 20.3 Å². The van der Waals surface area contributed by atoms with Crippen molar-refractivity contribution in [3.63, 3.8) is 0 Å². The minimum Gasteiger partial charge on any atom is -0.497 e. The Bertz CT molecular complexity index is 643. The van der Waals surface area contributed by atoms with Crippen molar-refractivity contribution in [2.75, 3.05) is 20.0 Å². The first-order valence-corrected chi connectivity index (χ1v) is 6.24. The fourth-order valence-corrected chi connectivity index (χ4v) is 1.71. The summed E-state index contributed by atoms with van der Waals surface area (Å²) in [5, 5.41) is 0. The first-order valence-electron chi connectivity index (χ1n) is 6.24. The monoisotopic (exact) mass is 288 g/mol. The highest BCUT2D eigenvalue weighted by Gasteiger charge is 2.13. The van der Waals surface area contributed by atoms with E-state index in [-0.39, 0.29) is 12.2 Å². The molecule has 0 bridgehead atoms. The number of aromatic nitrogens is 1. The van der Waals surface area contributed by atoms with Gasteiger partial charge in [-0.05, 0) is 24.3 Å². The summed E-state index contributed by atoms with van der Waals surface area (Å²) in [7, 11) is 3.04. The van der Waals surface area contributed by atoms with Crippen molar-refractivity contribution in [1.82, 2.24) is 4.98 Å². The van der Waals surface area contributed by atoms with Crippen LogP contribution < -0.4 is 15.2 Å². The summed E-state index contributed by atoms with van der Waals surface area (Å²) >= 11 is 0. The van der Waals surface area contributed by atoms with Crippen LogP contribution in [-0.2, 0) is 11.3 Å². The number of benzene rings is 1. The predicted octanol–water partition coefficient (Wildman–Crippen LogP) is 2.04. The van der Waals surface area contributed by atoms with E-state index in [0.717, 1.165) is 0 Å².